The number of amides is 1. The van der Waals surface area contributed by atoms with E-state index in [0.29, 0.717) is 43.6 Å². The molecule has 3 N–H and O–H groups in total. The molecule has 6 aromatic rings. The lowest BCUT2D eigenvalue weighted by atomic mass is 9.99. The van der Waals surface area contributed by atoms with Crippen molar-refractivity contribution < 1.29 is 27.6 Å². The number of carbonyl (C=O) groups is 1. The number of nitro benzene ring substituents is 1. The number of aryl methyl sites for hydroxylation is 1. The number of hydrogen-bond donors (Lipinski definition) is 3. The smallest absolute Gasteiger partial charge is 0.293 e. The molecule has 5 aromatic carbocycles. The fraction of sp³-hybridized carbons (Fsp3) is 0.327. The number of nitrogens with one attached hydrogen (secondary N) is 3. The first-order chi connectivity index (χ1) is 31.4. The number of carbonyl (C=O) groups excluding carboxylic acids is 1. The molecule has 0 unspecified atom stereocenters. The van der Waals surface area contributed by atoms with Crippen molar-refractivity contribution in [3.63, 3.8) is 0 Å². The zero-order valence-electron chi connectivity index (χ0n) is 36.6. The summed E-state index contributed by atoms with van der Waals surface area (Å²) in [4.78, 5) is 35.3. The van der Waals surface area contributed by atoms with Gasteiger partial charge in [0.25, 0.3) is 21.6 Å². The van der Waals surface area contributed by atoms with Gasteiger partial charge in [-0.2, -0.15) is 0 Å². The highest BCUT2D eigenvalue weighted by Crippen LogP contribution is 2.35. The van der Waals surface area contributed by atoms with Crippen LogP contribution >= 0.6 is 11.6 Å². The molecular formula is C49H54ClN7O7S. The number of fused-ring (bicyclic) bond motifs is 1. The maximum Gasteiger partial charge on any atom is 0.293 e. The van der Waals surface area contributed by atoms with Crippen molar-refractivity contribution in [1.82, 2.24) is 19.5 Å². The molecule has 0 radical (unpaired) electrons. The largest absolute Gasteiger partial charge is 0.456 e. The molecule has 0 spiro atoms. The van der Waals surface area contributed by atoms with Crippen LogP contribution in [0.3, 0.4) is 0 Å². The lowest BCUT2D eigenvalue weighted by Crippen LogP contribution is -2.46. The second-order valence-electron chi connectivity index (χ2n) is 16.9. The molecule has 2 fully saturated rings. The number of benzene rings is 5. The van der Waals surface area contributed by atoms with E-state index in [0.717, 1.165) is 91.2 Å². The number of ether oxygens (including phenoxy) is 2. The molecule has 340 valence electrons. The fourth-order valence-electron chi connectivity index (χ4n) is 8.51. The Morgan fingerprint density at radius 2 is 1.71 bits per heavy atom. The average Bonchev–Trinajstić information content (AvgIpc) is 3.70. The molecule has 65 heavy (non-hydrogen) atoms. The van der Waals surface area contributed by atoms with Gasteiger partial charge in [0.15, 0.2) is 0 Å². The minimum absolute atomic E-state index is 0.0145. The molecule has 2 saturated heterocycles. The Balaban J connectivity index is 1.03. The molecule has 0 bridgehead atoms. The van der Waals surface area contributed by atoms with Crippen molar-refractivity contribution in [3.05, 3.63) is 141 Å². The standard InChI is InChI=1S/C49H54ClN7O7S/c1-54(2)21-5-7-36-32-52-45-17-14-40(29-44(36)45)64-48-28-39(56-24-22-55(23-25-56)33-37-6-3-4-8-42(37)35-9-11-38(50)12-10-35)13-16-43(48)49(58)53-65(61,62)41-15-18-46(47(30-41)57(59)60)51-31-34-19-26-63-27-20-34/h3-4,6,8-18,28-30,32,34,51-52H,5,7,19-27,31,33H2,1-2H3,(H,53,58). The summed E-state index contributed by atoms with van der Waals surface area (Å²) in [6.45, 7) is 6.40. The van der Waals surface area contributed by atoms with Gasteiger partial charge in [0.1, 0.15) is 17.2 Å². The van der Waals surface area contributed by atoms with E-state index in [1.165, 1.54) is 17.7 Å². The van der Waals surface area contributed by atoms with Crippen molar-refractivity contribution in [2.75, 3.05) is 76.8 Å². The maximum absolute atomic E-state index is 14.1. The molecule has 1 amide bonds. The third-order valence-corrected chi connectivity index (χ3v) is 13.7. The van der Waals surface area contributed by atoms with E-state index < -0.39 is 31.4 Å². The number of aromatic nitrogens is 1. The van der Waals surface area contributed by atoms with Crippen LogP contribution in [0.5, 0.6) is 11.5 Å². The average molecular weight is 921 g/mol. The summed E-state index contributed by atoms with van der Waals surface area (Å²) >= 11 is 6.18. The van der Waals surface area contributed by atoms with Crippen LogP contribution in [0.25, 0.3) is 22.0 Å². The zero-order valence-corrected chi connectivity index (χ0v) is 38.2. The lowest BCUT2D eigenvalue weighted by Gasteiger charge is -2.36. The first-order valence-corrected chi connectivity index (χ1v) is 23.8. The fourth-order valence-corrected chi connectivity index (χ4v) is 9.63. The van der Waals surface area contributed by atoms with E-state index >= 15 is 0 Å². The van der Waals surface area contributed by atoms with Gasteiger partial charge in [0.2, 0.25) is 0 Å². The van der Waals surface area contributed by atoms with Crippen molar-refractivity contribution >= 4 is 55.5 Å². The van der Waals surface area contributed by atoms with Crippen LogP contribution in [0.15, 0.2) is 114 Å². The third kappa shape index (κ3) is 11.3. The summed E-state index contributed by atoms with van der Waals surface area (Å²) < 4.78 is 41.7. The summed E-state index contributed by atoms with van der Waals surface area (Å²) in [6, 6.07) is 30.7. The highest BCUT2D eigenvalue weighted by molar-refractivity contribution is 7.90. The number of sulfonamides is 1. The first-order valence-electron chi connectivity index (χ1n) is 22.0. The molecule has 2 aliphatic rings. The Morgan fingerprint density at radius 3 is 2.46 bits per heavy atom. The van der Waals surface area contributed by atoms with Gasteiger partial charge in [-0.15, -0.1) is 0 Å². The Bertz CT molecular complexity index is 2750. The number of hydrogen-bond acceptors (Lipinski definition) is 11. The summed E-state index contributed by atoms with van der Waals surface area (Å²) in [6.07, 6.45) is 5.47. The van der Waals surface area contributed by atoms with Crippen LogP contribution in [0.4, 0.5) is 17.1 Å². The van der Waals surface area contributed by atoms with Gasteiger partial charge in [-0.1, -0.05) is 48.0 Å². The predicted octanol–water partition coefficient (Wildman–Crippen LogP) is 8.96. The number of rotatable bonds is 17. The zero-order chi connectivity index (χ0) is 45.5. The van der Waals surface area contributed by atoms with Crippen LogP contribution in [-0.2, 0) is 27.7 Å². The number of nitrogens with zero attached hydrogens (tertiary/aromatic N) is 4. The third-order valence-electron chi connectivity index (χ3n) is 12.2. The van der Waals surface area contributed by atoms with E-state index in [-0.39, 0.29) is 22.9 Å². The van der Waals surface area contributed by atoms with Crippen LogP contribution in [0.2, 0.25) is 5.02 Å². The molecule has 14 nitrogen and oxygen atoms in total. The van der Waals surface area contributed by atoms with Crippen LogP contribution in [0, 0.1) is 16.0 Å². The van der Waals surface area contributed by atoms with Gasteiger partial charge in [-0.25, -0.2) is 13.1 Å². The van der Waals surface area contributed by atoms with Crippen LogP contribution in [-0.4, -0.2) is 101 Å². The van der Waals surface area contributed by atoms with Crippen LogP contribution in [0.1, 0.15) is 40.7 Å². The summed E-state index contributed by atoms with van der Waals surface area (Å²) in [5.41, 5.74) is 6.16. The SMILES string of the molecule is CN(C)CCCc1c[nH]c2ccc(Oc3cc(N4CCN(Cc5ccccc5-c5ccc(Cl)cc5)CC4)ccc3C(=O)NS(=O)(=O)c3ccc(NCC4CCOCC4)c([N+](=O)[O-])c3)cc12. The molecule has 0 atom stereocenters. The second kappa shape index (κ2) is 20.5. The van der Waals surface area contributed by atoms with Crippen molar-refractivity contribution in [3.8, 4) is 22.6 Å². The maximum atomic E-state index is 14.1. The number of halogens is 1. The Labute approximate surface area is 384 Å². The molecule has 16 heteroatoms. The van der Waals surface area contributed by atoms with Gasteiger partial charge in [-0.05, 0) is 129 Å². The Hall–Kier alpha value is -5.97. The van der Waals surface area contributed by atoms with Gasteiger partial charge < -0.3 is 29.6 Å². The molecule has 0 aliphatic carbocycles. The quantitative estimate of drug-likeness (QED) is 0.0592. The second-order valence-corrected chi connectivity index (χ2v) is 19.1. The first kappa shape index (κ1) is 45.6. The van der Waals surface area contributed by atoms with Gasteiger partial charge in [0, 0.05) is 92.4 Å². The van der Waals surface area contributed by atoms with E-state index in [1.807, 2.05) is 68.8 Å². The highest BCUT2D eigenvalue weighted by atomic mass is 35.5. The molecule has 3 heterocycles. The minimum atomic E-state index is -4.57. The van der Waals surface area contributed by atoms with E-state index in [1.54, 1.807) is 18.2 Å². The molecule has 2 aliphatic heterocycles. The normalized spacial score (nSPS) is 15.0. The van der Waals surface area contributed by atoms with Gasteiger partial charge in [-0.3, -0.25) is 19.8 Å². The van der Waals surface area contributed by atoms with E-state index in [2.05, 4.69) is 47.9 Å². The predicted molar refractivity (Wildman–Crippen MR) is 256 cm³/mol. The topological polar surface area (TPSA) is 162 Å². The summed E-state index contributed by atoms with van der Waals surface area (Å²) in [5.74, 6) is -0.0268. The monoisotopic (exact) mass is 919 g/mol. The molecule has 1 aromatic heterocycles. The molecule has 8 rings (SSSR count). The lowest BCUT2D eigenvalue weighted by molar-refractivity contribution is -0.384. The van der Waals surface area contributed by atoms with E-state index in [4.69, 9.17) is 21.1 Å². The van der Waals surface area contributed by atoms with E-state index in [9.17, 15) is 23.3 Å². The van der Waals surface area contributed by atoms with Gasteiger partial charge in [0.05, 0.1) is 15.4 Å². The van der Waals surface area contributed by atoms with Crippen LogP contribution < -0.4 is 19.7 Å². The van der Waals surface area contributed by atoms with Gasteiger partial charge >= 0.3 is 0 Å². The van der Waals surface area contributed by atoms with Crippen molar-refractivity contribution in [2.24, 2.45) is 5.92 Å². The number of nitro groups is 1. The summed E-state index contributed by atoms with van der Waals surface area (Å²) in [5, 5.41) is 16.9. The van der Waals surface area contributed by atoms with Crippen molar-refractivity contribution in [1.29, 1.82) is 0 Å². The highest BCUT2D eigenvalue weighted by Gasteiger charge is 2.27. The number of piperazine rings is 1. The Kier molecular flexibility index (Phi) is 14.4. The number of aromatic amines is 1. The number of H-pyrrole nitrogens is 1. The minimum Gasteiger partial charge on any atom is -0.456 e. The summed E-state index contributed by atoms with van der Waals surface area (Å²) in [7, 11) is -0.473. The van der Waals surface area contributed by atoms with Crippen molar-refractivity contribution in [2.45, 2.75) is 37.1 Å². The molecular weight excluding hydrogens is 866 g/mol. The number of anilines is 2. The Morgan fingerprint density at radius 1 is 0.938 bits per heavy atom. The molecule has 0 saturated carbocycles.